The van der Waals surface area contributed by atoms with Gasteiger partial charge in [0.25, 0.3) is 0 Å². The van der Waals surface area contributed by atoms with Crippen LogP contribution in [0.2, 0.25) is 0 Å². The predicted molar refractivity (Wildman–Crippen MR) is 108 cm³/mol. The average molecular weight is 386 g/mol. The largest absolute Gasteiger partial charge is 0.453 e. The van der Waals surface area contributed by atoms with Crippen molar-refractivity contribution in [1.82, 2.24) is 15.1 Å². The number of aliphatic hydroxyl groups excluding tert-OH is 1. The lowest BCUT2D eigenvalue weighted by Gasteiger charge is -2.28. The molecular formula is C22H31N3O3. The Hall–Kier alpha value is -2.08. The van der Waals surface area contributed by atoms with E-state index in [-0.39, 0.29) is 18.6 Å². The lowest BCUT2D eigenvalue weighted by Crippen LogP contribution is -2.32. The fourth-order valence-corrected chi connectivity index (χ4v) is 5.29. The Morgan fingerprint density at radius 3 is 2.86 bits per heavy atom. The van der Waals surface area contributed by atoms with Crippen LogP contribution in [0.15, 0.2) is 18.2 Å². The molecule has 1 amide bonds. The Labute approximate surface area is 166 Å². The van der Waals surface area contributed by atoms with Gasteiger partial charge in [0.1, 0.15) is 0 Å². The van der Waals surface area contributed by atoms with Crippen molar-refractivity contribution in [3.8, 4) is 0 Å². The van der Waals surface area contributed by atoms with Crippen molar-refractivity contribution >= 4 is 17.0 Å². The Morgan fingerprint density at radius 1 is 1.43 bits per heavy atom. The number of carbonyl (C=O) groups is 1. The number of amides is 1. The van der Waals surface area contributed by atoms with Crippen LogP contribution in [-0.4, -0.2) is 53.1 Å². The molecule has 0 radical (unpaired) electrons. The summed E-state index contributed by atoms with van der Waals surface area (Å²) in [6, 6.07) is 6.42. The van der Waals surface area contributed by atoms with E-state index in [2.05, 4.69) is 35.3 Å². The van der Waals surface area contributed by atoms with Crippen LogP contribution in [0.3, 0.4) is 0 Å². The first-order valence-corrected chi connectivity index (χ1v) is 10.4. The third-order valence-electron chi connectivity index (χ3n) is 7.16. The highest BCUT2D eigenvalue weighted by molar-refractivity contribution is 5.82. The summed E-state index contributed by atoms with van der Waals surface area (Å²) in [6.07, 6.45) is 4.95. The molecule has 1 saturated carbocycles. The van der Waals surface area contributed by atoms with Gasteiger partial charge in [-0.3, -0.25) is 5.10 Å². The summed E-state index contributed by atoms with van der Waals surface area (Å²) in [7, 11) is 1.40. The predicted octanol–water partition coefficient (Wildman–Crippen LogP) is 4.02. The number of ether oxygens (including phenoxy) is 1. The highest BCUT2D eigenvalue weighted by atomic mass is 16.5. The molecule has 2 heterocycles. The molecule has 6 heteroatoms. The summed E-state index contributed by atoms with van der Waals surface area (Å²) in [6.45, 7) is 5.40. The zero-order chi connectivity index (χ0) is 19.9. The number of methoxy groups -OCH3 is 1. The van der Waals surface area contributed by atoms with Gasteiger partial charge in [0.2, 0.25) is 0 Å². The summed E-state index contributed by atoms with van der Waals surface area (Å²) in [5.41, 5.74) is 2.93. The molecule has 2 aromatic rings. The normalized spacial score (nSPS) is 26.9. The van der Waals surface area contributed by atoms with Gasteiger partial charge in [-0.15, -0.1) is 0 Å². The molecule has 4 rings (SSSR count). The van der Waals surface area contributed by atoms with Gasteiger partial charge < -0.3 is 14.7 Å². The molecule has 0 spiro atoms. The standard InChI is InChI=1S/C22H31N3O3/c1-14(15-6-4-5-7-15)20-17-9-8-16(10-19(17)23-24-20)18-11-25(21(27)28-3)12-22(18,2)13-26/h8-10,14-15,18,26H,4-7,11-13H2,1-3H3,(H,23,24)/t14?,18-,22-/m0/s1. The van der Waals surface area contributed by atoms with E-state index in [4.69, 9.17) is 4.74 Å². The number of aromatic nitrogens is 2. The molecule has 3 atom stereocenters. The SMILES string of the molecule is COC(=O)N1C[C@@H](c2ccc3c(C(C)C4CCCC4)[nH]nc3c2)[C@](C)(CO)C1. The van der Waals surface area contributed by atoms with Gasteiger partial charge in [-0.1, -0.05) is 38.8 Å². The number of rotatable bonds is 4. The fourth-order valence-electron chi connectivity index (χ4n) is 5.29. The molecule has 1 aliphatic heterocycles. The number of aromatic amines is 1. The van der Waals surface area contributed by atoms with Crippen LogP contribution in [-0.2, 0) is 4.74 Å². The number of hydrogen-bond acceptors (Lipinski definition) is 4. The molecule has 152 valence electrons. The fraction of sp³-hybridized carbons (Fsp3) is 0.636. The summed E-state index contributed by atoms with van der Waals surface area (Å²) in [4.78, 5) is 13.7. The molecule has 28 heavy (non-hydrogen) atoms. The Morgan fingerprint density at radius 2 is 2.18 bits per heavy atom. The van der Waals surface area contributed by atoms with Crippen LogP contribution >= 0.6 is 0 Å². The van der Waals surface area contributed by atoms with Gasteiger partial charge in [0.05, 0.1) is 19.2 Å². The molecule has 1 saturated heterocycles. The Balaban J connectivity index is 1.63. The second-order valence-electron chi connectivity index (χ2n) is 8.96. The van der Waals surface area contributed by atoms with Crippen molar-refractivity contribution in [3.63, 3.8) is 0 Å². The summed E-state index contributed by atoms with van der Waals surface area (Å²) in [5, 5.41) is 19.1. The third-order valence-corrected chi connectivity index (χ3v) is 7.16. The van der Waals surface area contributed by atoms with Crippen molar-refractivity contribution in [1.29, 1.82) is 0 Å². The first-order chi connectivity index (χ1) is 13.5. The maximum absolute atomic E-state index is 12.0. The van der Waals surface area contributed by atoms with Crippen molar-refractivity contribution < 1.29 is 14.6 Å². The second-order valence-corrected chi connectivity index (χ2v) is 8.96. The van der Waals surface area contributed by atoms with Crippen LogP contribution < -0.4 is 0 Å². The van der Waals surface area contributed by atoms with Crippen LogP contribution in [0.4, 0.5) is 4.79 Å². The number of hydrogen-bond donors (Lipinski definition) is 2. The molecule has 2 N–H and O–H groups in total. The minimum absolute atomic E-state index is 0.0216. The number of nitrogens with one attached hydrogen (secondary N) is 1. The number of nitrogens with zero attached hydrogens (tertiary/aromatic N) is 2. The van der Waals surface area contributed by atoms with Gasteiger partial charge in [0, 0.05) is 41.4 Å². The van der Waals surface area contributed by atoms with E-state index in [9.17, 15) is 9.90 Å². The van der Waals surface area contributed by atoms with E-state index in [1.165, 1.54) is 43.9 Å². The van der Waals surface area contributed by atoms with E-state index in [0.29, 0.717) is 19.0 Å². The number of likely N-dealkylation sites (tertiary alicyclic amines) is 1. The summed E-state index contributed by atoms with van der Waals surface area (Å²) in [5.74, 6) is 1.28. The molecule has 1 unspecified atom stereocenters. The maximum Gasteiger partial charge on any atom is 0.409 e. The van der Waals surface area contributed by atoms with E-state index < -0.39 is 5.41 Å². The summed E-state index contributed by atoms with van der Waals surface area (Å²) < 4.78 is 4.89. The van der Waals surface area contributed by atoms with Crippen molar-refractivity contribution in [3.05, 3.63) is 29.5 Å². The third kappa shape index (κ3) is 3.17. The van der Waals surface area contributed by atoms with Gasteiger partial charge >= 0.3 is 6.09 Å². The van der Waals surface area contributed by atoms with Crippen LogP contribution in [0.25, 0.3) is 10.9 Å². The Bertz CT molecular complexity index is 858. The van der Waals surface area contributed by atoms with Crippen molar-refractivity contribution in [2.24, 2.45) is 11.3 Å². The highest BCUT2D eigenvalue weighted by Crippen LogP contribution is 2.44. The summed E-state index contributed by atoms with van der Waals surface area (Å²) >= 11 is 0. The molecule has 2 fully saturated rings. The molecule has 1 aromatic carbocycles. The van der Waals surface area contributed by atoms with E-state index >= 15 is 0 Å². The molecule has 1 aliphatic carbocycles. The highest BCUT2D eigenvalue weighted by Gasteiger charge is 2.45. The van der Waals surface area contributed by atoms with Gasteiger partial charge in [-0.2, -0.15) is 5.10 Å². The maximum atomic E-state index is 12.0. The zero-order valence-electron chi connectivity index (χ0n) is 17.1. The number of H-pyrrole nitrogens is 1. The van der Waals surface area contributed by atoms with Gasteiger partial charge in [-0.05, 0) is 30.4 Å². The monoisotopic (exact) mass is 385 g/mol. The molecule has 6 nitrogen and oxygen atoms in total. The van der Waals surface area contributed by atoms with Gasteiger partial charge in [-0.25, -0.2) is 4.79 Å². The zero-order valence-corrected chi connectivity index (χ0v) is 17.1. The molecule has 0 bridgehead atoms. The lowest BCUT2D eigenvalue weighted by atomic mass is 9.76. The Kier molecular flexibility index (Phi) is 5.08. The first kappa shape index (κ1) is 19.2. The number of aliphatic hydroxyl groups is 1. The van der Waals surface area contributed by atoms with Crippen LogP contribution in [0.1, 0.15) is 62.6 Å². The minimum atomic E-state index is -0.391. The minimum Gasteiger partial charge on any atom is -0.453 e. The smallest absolute Gasteiger partial charge is 0.409 e. The average Bonchev–Trinajstić information content (AvgIpc) is 3.45. The lowest BCUT2D eigenvalue weighted by molar-refractivity contribution is 0.113. The van der Waals surface area contributed by atoms with E-state index in [1.54, 1.807) is 4.90 Å². The molecular weight excluding hydrogens is 354 g/mol. The second kappa shape index (κ2) is 7.39. The number of benzene rings is 1. The van der Waals surface area contributed by atoms with Crippen LogP contribution in [0.5, 0.6) is 0 Å². The first-order valence-electron chi connectivity index (χ1n) is 10.4. The number of fused-ring (bicyclic) bond motifs is 1. The molecule has 1 aromatic heterocycles. The molecule has 2 aliphatic rings. The number of carbonyl (C=O) groups excluding carboxylic acids is 1. The van der Waals surface area contributed by atoms with Crippen molar-refractivity contribution in [2.45, 2.75) is 51.4 Å². The quantitative estimate of drug-likeness (QED) is 0.833. The van der Waals surface area contributed by atoms with E-state index in [0.717, 1.165) is 17.0 Å². The van der Waals surface area contributed by atoms with Gasteiger partial charge in [0.15, 0.2) is 0 Å². The topological polar surface area (TPSA) is 78.5 Å². The van der Waals surface area contributed by atoms with Crippen LogP contribution in [0, 0.1) is 11.3 Å². The van der Waals surface area contributed by atoms with Crippen molar-refractivity contribution in [2.75, 3.05) is 26.8 Å². The van der Waals surface area contributed by atoms with E-state index in [1.807, 2.05) is 6.92 Å².